The lowest BCUT2D eigenvalue weighted by Gasteiger charge is -2.36. The van der Waals surface area contributed by atoms with Crippen molar-refractivity contribution in [2.75, 3.05) is 11.9 Å². The number of rotatable bonds is 4. The Morgan fingerprint density at radius 2 is 1.80 bits per heavy atom. The van der Waals surface area contributed by atoms with E-state index < -0.39 is 11.8 Å². The maximum absolute atomic E-state index is 12.3. The molecule has 1 fully saturated rings. The van der Waals surface area contributed by atoms with Gasteiger partial charge >= 0.3 is 11.8 Å². The molecular formula is C20H24N2O2S. The third-order valence-corrected chi connectivity index (χ3v) is 6.16. The average Bonchev–Trinajstić information content (AvgIpc) is 3.18. The molecule has 0 unspecified atom stereocenters. The first-order valence-electron chi connectivity index (χ1n) is 8.79. The van der Waals surface area contributed by atoms with E-state index in [4.69, 9.17) is 0 Å². The number of hydrogen-bond acceptors (Lipinski definition) is 3. The standard InChI is InChI=1S/C20H24N2O2S/c1-15-8-3-4-9-16(15)22-19(24)18(23)21-14-20(11-5-2-6-12-20)17-10-7-13-25-17/h3-4,7-10,13H,2,5-6,11-12,14H2,1H3,(H,21,23)(H,22,24). The Morgan fingerprint density at radius 1 is 1.04 bits per heavy atom. The molecule has 0 aliphatic heterocycles. The molecule has 1 aliphatic carbocycles. The van der Waals surface area contributed by atoms with Crippen LogP contribution in [-0.2, 0) is 15.0 Å². The van der Waals surface area contributed by atoms with Crippen molar-refractivity contribution in [3.05, 3.63) is 52.2 Å². The predicted octanol–water partition coefficient (Wildman–Crippen LogP) is 4.01. The number of carbonyl (C=O) groups excluding carboxylic acids is 2. The van der Waals surface area contributed by atoms with E-state index in [1.54, 1.807) is 17.4 Å². The smallest absolute Gasteiger partial charge is 0.313 e. The average molecular weight is 356 g/mol. The fraction of sp³-hybridized carbons (Fsp3) is 0.400. The van der Waals surface area contributed by atoms with Crippen LogP contribution in [0.25, 0.3) is 0 Å². The monoisotopic (exact) mass is 356 g/mol. The molecule has 0 bridgehead atoms. The number of thiophene rings is 1. The van der Waals surface area contributed by atoms with Crippen LogP contribution in [0.15, 0.2) is 41.8 Å². The molecular weight excluding hydrogens is 332 g/mol. The summed E-state index contributed by atoms with van der Waals surface area (Å²) < 4.78 is 0. The zero-order chi connectivity index (χ0) is 17.7. The molecule has 1 aliphatic rings. The molecule has 1 aromatic carbocycles. The number of hydrogen-bond donors (Lipinski definition) is 2. The summed E-state index contributed by atoms with van der Waals surface area (Å²) >= 11 is 1.74. The maximum atomic E-state index is 12.3. The van der Waals surface area contributed by atoms with Crippen molar-refractivity contribution in [3.63, 3.8) is 0 Å². The van der Waals surface area contributed by atoms with Gasteiger partial charge in [-0.15, -0.1) is 11.3 Å². The van der Waals surface area contributed by atoms with E-state index in [0.717, 1.165) is 18.4 Å². The van der Waals surface area contributed by atoms with Gasteiger partial charge in [0.1, 0.15) is 0 Å². The van der Waals surface area contributed by atoms with E-state index in [1.807, 2.05) is 25.1 Å². The molecule has 2 amide bonds. The molecule has 0 atom stereocenters. The van der Waals surface area contributed by atoms with Crippen molar-refractivity contribution in [1.29, 1.82) is 0 Å². The van der Waals surface area contributed by atoms with Gasteiger partial charge in [0.05, 0.1) is 0 Å². The summed E-state index contributed by atoms with van der Waals surface area (Å²) in [5, 5.41) is 7.66. The van der Waals surface area contributed by atoms with Crippen LogP contribution in [0.2, 0.25) is 0 Å². The molecule has 1 heterocycles. The van der Waals surface area contributed by atoms with Gasteiger partial charge in [-0.05, 0) is 42.8 Å². The molecule has 0 saturated heterocycles. The molecule has 1 saturated carbocycles. The highest BCUT2D eigenvalue weighted by molar-refractivity contribution is 7.10. The van der Waals surface area contributed by atoms with E-state index in [9.17, 15) is 9.59 Å². The summed E-state index contributed by atoms with van der Waals surface area (Å²) in [7, 11) is 0. The summed E-state index contributed by atoms with van der Waals surface area (Å²) in [6, 6.07) is 11.7. The van der Waals surface area contributed by atoms with Crippen LogP contribution in [0.3, 0.4) is 0 Å². The first-order chi connectivity index (χ1) is 12.1. The van der Waals surface area contributed by atoms with Gasteiger partial charge in [-0.1, -0.05) is 43.5 Å². The van der Waals surface area contributed by atoms with Crippen molar-refractivity contribution in [2.45, 2.75) is 44.4 Å². The van der Waals surface area contributed by atoms with Gasteiger partial charge in [0.25, 0.3) is 0 Å². The van der Waals surface area contributed by atoms with Crippen molar-refractivity contribution < 1.29 is 9.59 Å². The molecule has 2 aromatic rings. The second-order valence-electron chi connectivity index (χ2n) is 6.77. The van der Waals surface area contributed by atoms with Gasteiger partial charge in [-0.3, -0.25) is 9.59 Å². The maximum Gasteiger partial charge on any atom is 0.313 e. The Morgan fingerprint density at radius 3 is 2.48 bits per heavy atom. The van der Waals surface area contributed by atoms with Crippen LogP contribution >= 0.6 is 11.3 Å². The molecule has 3 rings (SSSR count). The fourth-order valence-corrected chi connectivity index (χ4v) is 4.53. The van der Waals surface area contributed by atoms with Crippen molar-refractivity contribution in [1.82, 2.24) is 5.32 Å². The first-order valence-corrected chi connectivity index (χ1v) is 9.67. The number of carbonyl (C=O) groups is 2. The third kappa shape index (κ3) is 4.10. The fourth-order valence-electron chi connectivity index (χ4n) is 3.54. The second-order valence-corrected chi connectivity index (χ2v) is 7.72. The zero-order valence-corrected chi connectivity index (χ0v) is 15.3. The molecule has 5 heteroatoms. The lowest BCUT2D eigenvalue weighted by atomic mass is 9.73. The number of amides is 2. The highest BCUT2D eigenvalue weighted by Gasteiger charge is 2.35. The molecule has 0 spiro atoms. The number of benzene rings is 1. The van der Waals surface area contributed by atoms with Gasteiger partial charge in [0, 0.05) is 22.5 Å². The number of anilines is 1. The second kappa shape index (κ2) is 7.83. The van der Waals surface area contributed by atoms with Crippen LogP contribution < -0.4 is 10.6 Å². The predicted molar refractivity (Wildman–Crippen MR) is 102 cm³/mol. The molecule has 1 aromatic heterocycles. The van der Waals surface area contributed by atoms with E-state index in [2.05, 4.69) is 28.1 Å². The molecule has 2 N–H and O–H groups in total. The number of nitrogens with one attached hydrogen (secondary N) is 2. The van der Waals surface area contributed by atoms with Gasteiger partial charge < -0.3 is 10.6 Å². The molecule has 4 nitrogen and oxygen atoms in total. The van der Waals surface area contributed by atoms with Gasteiger partial charge in [0.2, 0.25) is 0 Å². The Kier molecular flexibility index (Phi) is 5.53. The largest absolute Gasteiger partial charge is 0.347 e. The van der Waals surface area contributed by atoms with Crippen LogP contribution in [-0.4, -0.2) is 18.4 Å². The van der Waals surface area contributed by atoms with Crippen LogP contribution in [0, 0.1) is 6.92 Å². The minimum atomic E-state index is -0.605. The zero-order valence-electron chi connectivity index (χ0n) is 14.5. The highest BCUT2D eigenvalue weighted by atomic mass is 32.1. The molecule has 25 heavy (non-hydrogen) atoms. The van der Waals surface area contributed by atoms with E-state index >= 15 is 0 Å². The minimum absolute atomic E-state index is 0.0228. The molecule has 132 valence electrons. The Bertz CT molecular complexity index is 734. The van der Waals surface area contributed by atoms with Crippen molar-refractivity contribution >= 4 is 28.8 Å². The third-order valence-electron chi connectivity index (χ3n) is 5.04. The van der Waals surface area contributed by atoms with Gasteiger partial charge in [-0.2, -0.15) is 0 Å². The quantitative estimate of drug-likeness (QED) is 0.813. The summed E-state index contributed by atoms with van der Waals surface area (Å²) in [5.41, 5.74) is 1.59. The Balaban J connectivity index is 1.64. The van der Waals surface area contributed by atoms with E-state index in [1.165, 1.54) is 24.1 Å². The minimum Gasteiger partial charge on any atom is -0.347 e. The lowest BCUT2D eigenvalue weighted by Crippen LogP contribution is -2.45. The SMILES string of the molecule is Cc1ccccc1NC(=O)C(=O)NCC1(c2cccs2)CCCCC1. The Hall–Kier alpha value is -2.14. The van der Waals surface area contributed by atoms with Crippen LogP contribution in [0.1, 0.15) is 42.5 Å². The number of para-hydroxylation sites is 1. The lowest BCUT2D eigenvalue weighted by molar-refractivity contribution is -0.136. The summed E-state index contributed by atoms with van der Waals surface area (Å²) in [6.45, 7) is 2.43. The first kappa shape index (κ1) is 17.7. The summed E-state index contributed by atoms with van der Waals surface area (Å²) in [4.78, 5) is 25.8. The molecule has 0 radical (unpaired) electrons. The van der Waals surface area contributed by atoms with E-state index in [0.29, 0.717) is 12.2 Å². The van der Waals surface area contributed by atoms with Gasteiger partial charge in [-0.25, -0.2) is 0 Å². The number of aryl methyl sites for hydroxylation is 1. The highest BCUT2D eigenvalue weighted by Crippen LogP contribution is 2.41. The normalized spacial score (nSPS) is 16.2. The summed E-state index contributed by atoms with van der Waals surface area (Å²) in [5.74, 6) is -1.17. The van der Waals surface area contributed by atoms with Crippen molar-refractivity contribution in [3.8, 4) is 0 Å². The van der Waals surface area contributed by atoms with Gasteiger partial charge in [0.15, 0.2) is 0 Å². The topological polar surface area (TPSA) is 58.2 Å². The van der Waals surface area contributed by atoms with Crippen LogP contribution in [0.5, 0.6) is 0 Å². The van der Waals surface area contributed by atoms with Crippen molar-refractivity contribution in [2.24, 2.45) is 0 Å². The van der Waals surface area contributed by atoms with Crippen LogP contribution in [0.4, 0.5) is 5.69 Å². The van der Waals surface area contributed by atoms with E-state index in [-0.39, 0.29) is 5.41 Å². The Labute approximate surface area is 152 Å². The summed E-state index contributed by atoms with van der Waals surface area (Å²) in [6.07, 6.45) is 5.71.